The van der Waals surface area contributed by atoms with E-state index in [0.29, 0.717) is 6.10 Å². The molecule has 1 unspecified atom stereocenters. The maximum absolute atomic E-state index is 5.10. The van der Waals surface area contributed by atoms with Gasteiger partial charge >= 0.3 is 0 Å². The van der Waals surface area contributed by atoms with Crippen LogP contribution >= 0.6 is 12.6 Å². The minimum absolute atomic E-state index is 0.324. The Labute approximate surface area is 69.0 Å². The van der Waals surface area contributed by atoms with Crippen molar-refractivity contribution >= 4 is 12.6 Å². The predicted molar refractivity (Wildman–Crippen MR) is 47.8 cm³/mol. The zero-order valence-corrected chi connectivity index (χ0v) is 7.90. The van der Waals surface area contributed by atoms with E-state index in [1.807, 2.05) is 0 Å². The van der Waals surface area contributed by atoms with Gasteiger partial charge in [-0.3, -0.25) is 0 Å². The summed E-state index contributed by atoms with van der Waals surface area (Å²) >= 11 is 4.13. The summed E-state index contributed by atoms with van der Waals surface area (Å²) < 4.78 is 5.10. The van der Waals surface area contributed by atoms with E-state index < -0.39 is 0 Å². The first-order valence-electron chi connectivity index (χ1n) is 3.53. The number of thiol groups is 1. The first-order chi connectivity index (χ1) is 4.70. The molecule has 0 N–H and O–H groups in total. The highest BCUT2D eigenvalue weighted by Crippen LogP contribution is 1.92. The van der Waals surface area contributed by atoms with E-state index >= 15 is 0 Å². The normalized spacial score (nSPS) is 14.1. The highest BCUT2D eigenvalue weighted by molar-refractivity contribution is 7.80. The van der Waals surface area contributed by atoms with Crippen molar-refractivity contribution in [3.63, 3.8) is 0 Å². The molecule has 0 radical (unpaired) electrons. The van der Waals surface area contributed by atoms with Crippen molar-refractivity contribution in [3.05, 3.63) is 0 Å². The summed E-state index contributed by atoms with van der Waals surface area (Å²) in [4.78, 5) is 2.21. The van der Waals surface area contributed by atoms with Crippen LogP contribution in [0.25, 0.3) is 0 Å². The van der Waals surface area contributed by atoms with Crippen LogP contribution in [0.2, 0.25) is 0 Å². The Morgan fingerprint density at radius 3 is 2.60 bits per heavy atom. The molecule has 0 aliphatic carbocycles. The average Bonchev–Trinajstić information content (AvgIpc) is 1.88. The zero-order chi connectivity index (χ0) is 7.98. The van der Waals surface area contributed by atoms with Gasteiger partial charge in [-0.15, -0.1) is 0 Å². The molecule has 0 fully saturated rings. The van der Waals surface area contributed by atoms with E-state index in [1.54, 1.807) is 7.11 Å². The highest BCUT2D eigenvalue weighted by Gasteiger charge is 2.02. The molecule has 62 valence electrons. The molecule has 0 spiro atoms. The van der Waals surface area contributed by atoms with Crippen molar-refractivity contribution in [3.8, 4) is 0 Å². The van der Waals surface area contributed by atoms with E-state index in [0.717, 1.165) is 18.8 Å². The fraction of sp³-hybridized carbons (Fsp3) is 1.00. The molecule has 0 saturated heterocycles. The van der Waals surface area contributed by atoms with Gasteiger partial charge < -0.3 is 9.64 Å². The van der Waals surface area contributed by atoms with Crippen LogP contribution < -0.4 is 0 Å². The van der Waals surface area contributed by atoms with Gasteiger partial charge in [0, 0.05) is 26.0 Å². The molecule has 2 nitrogen and oxygen atoms in total. The van der Waals surface area contributed by atoms with E-state index in [2.05, 4.69) is 31.5 Å². The Bertz CT molecular complexity index is 80.0. The van der Waals surface area contributed by atoms with Gasteiger partial charge in [0.25, 0.3) is 0 Å². The third-order valence-electron chi connectivity index (χ3n) is 1.45. The van der Waals surface area contributed by atoms with Gasteiger partial charge in [0.1, 0.15) is 0 Å². The Morgan fingerprint density at radius 2 is 2.20 bits per heavy atom. The summed E-state index contributed by atoms with van der Waals surface area (Å²) in [6.07, 6.45) is 0.324. The topological polar surface area (TPSA) is 12.5 Å². The van der Waals surface area contributed by atoms with E-state index in [1.165, 1.54) is 0 Å². The van der Waals surface area contributed by atoms with E-state index in [-0.39, 0.29) is 0 Å². The smallest absolute Gasteiger partial charge is 0.0669 e. The largest absolute Gasteiger partial charge is 0.380 e. The Kier molecular flexibility index (Phi) is 6.17. The second kappa shape index (κ2) is 6.01. The van der Waals surface area contributed by atoms with Crippen LogP contribution in [0.4, 0.5) is 0 Å². The minimum atomic E-state index is 0.324. The van der Waals surface area contributed by atoms with Crippen molar-refractivity contribution in [2.45, 2.75) is 13.0 Å². The molecule has 0 aliphatic heterocycles. The molecule has 0 aromatic rings. The second-order valence-corrected chi connectivity index (χ2v) is 2.98. The second-order valence-electron chi connectivity index (χ2n) is 2.53. The molecule has 0 bridgehead atoms. The maximum atomic E-state index is 5.10. The number of methoxy groups -OCH3 is 1. The molecule has 1 atom stereocenters. The van der Waals surface area contributed by atoms with Crippen LogP contribution in [0, 0.1) is 0 Å². The number of hydrogen-bond acceptors (Lipinski definition) is 3. The molecule has 0 aromatic carbocycles. The SMILES string of the molecule is COC(C)CN(C)CCS. The van der Waals surface area contributed by atoms with Gasteiger partial charge in [-0.05, 0) is 14.0 Å². The van der Waals surface area contributed by atoms with Gasteiger partial charge in [0.2, 0.25) is 0 Å². The average molecular weight is 163 g/mol. The lowest BCUT2D eigenvalue weighted by Crippen LogP contribution is -2.29. The Balaban J connectivity index is 3.27. The molecular weight excluding hydrogens is 146 g/mol. The van der Waals surface area contributed by atoms with Crippen molar-refractivity contribution in [2.24, 2.45) is 0 Å². The summed E-state index contributed by atoms with van der Waals surface area (Å²) in [6, 6.07) is 0. The lowest BCUT2D eigenvalue weighted by molar-refractivity contribution is 0.0877. The number of rotatable bonds is 5. The van der Waals surface area contributed by atoms with Crippen LogP contribution in [-0.2, 0) is 4.74 Å². The number of hydrogen-bond donors (Lipinski definition) is 1. The van der Waals surface area contributed by atoms with Crippen LogP contribution in [0.3, 0.4) is 0 Å². The van der Waals surface area contributed by atoms with E-state index in [4.69, 9.17) is 4.74 Å². The monoisotopic (exact) mass is 163 g/mol. The molecule has 0 aliphatic rings. The molecule has 3 heteroatoms. The van der Waals surface area contributed by atoms with Crippen LogP contribution in [0.1, 0.15) is 6.92 Å². The Morgan fingerprint density at radius 1 is 1.60 bits per heavy atom. The zero-order valence-electron chi connectivity index (χ0n) is 7.00. The minimum Gasteiger partial charge on any atom is -0.380 e. The van der Waals surface area contributed by atoms with Gasteiger partial charge in [-0.1, -0.05) is 0 Å². The molecule has 0 amide bonds. The molecule has 0 saturated carbocycles. The summed E-state index contributed by atoms with van der Waals surface area (Å²) in [5, 5.41) is 0. The lowest BCUT2D eigenvalue weighted by atomic mass is 10.4. The first-order valence-corrected chi connectivity index (χ1v) is 4.16. The van der Waals surface area contributed by atoms with Crippen LogP contribution in [0.15, 0.2) is 0 Å². The van der Waals surface area contributed by atoms with Crippen molar-refractivity contribution in [1.82, 2.24) is 4.90 Å². The molecule has 0 heterocycles. The molecule has 10 heavy (non-hydrogen) atoms. The summed E-state index contributed by atoms with van der Waals surface area (Å²) in [5.74, 6) is 0.910. The van der Waals surface area contributed by atoms with E-state index in [9.17, 15) is 0 Å². The van der Waals surface area contributed by atoms with Gasteiger partial charge in [0.15, 0.2) is 0 Å². The fourth-order valence-corrected chi connectivity index (χ4v) is 1.12. The summed E-state index contributed by atoms with van der Waals surface area (Å²) in [7, 11) is 3.81. The van der Waals surface area contributed by atoms with Crippen LogP contribution in [-0.4, -0.2) is 44.0 Å². The summed E-state index contributed by atoms with van der Waals surface area (Å²) in [6.45, 7) is 4.07. The van der Waals surface area contributed by atoms with Crippen molar-refractivity contribution in [2.75, 3.05) is 33.0 Å². The number of likely N-dealkylation sites (N-methyl/N-ethyl adjacent to an activating group) is 1. The fourth-order valence-electron chi connectivity index (χ4n) is 0.775. The quantitative estimate of drug-likeness (QED) is 0.604. The summed E-state index contributed by atoms with van der Waals surface area (Å²) in [5.41, 5.74) is 0. The van der Waals surface area contributed by atoms with Gasteiger partial charge in [-0.25, -0.2) is 0 Å². The van der Waals surface area contributed by atoms with Crippen LogP contribution in [0.5, 0.6) is 0 Å². The third kappa shape index (κ3) is 5.09. The van der Waals surface area contributed by atoms with Crippen molar-refractivity contribution < 1.29 is 4.74 Å². The van der Waals surface area contributed by atoms with Gasteiger partial charge in [0.05, 0.1) is 6.10 Å². The highest BCUT2D eigenvalue weighted by atomic mass is 32.1. The number of nitrogens with zero attached hydrogens (tertiary/aromatic N) is 1. The standard InChI is InChI=1S/C7H17NOS/c1-7(9-3)6-8(2)4-5-10/h7,10H,4-6H2,1-3H3. The predicted octanol–water partition coefficient (Wildman–Crippen LogP) is 0.883. The maximum Gasteiger partial charge on any atom is 0.0669 e. The molecular formula is C7H17NOS. The molecule has 0 rings (SSSR count). The number of ether oxygens (including phenoxy) is 1. The van der Waals surface area contributed by atoms with Crippen molar-refractivity contribution in [1.29, 1.82) is 0 Å². The molecule has 0 aromatic heterocycles. The third-order valence-corrected chi connectivity index (χ3v) is 1.65. The first kappa shape index (κ1) is 10.3. The lowest BCUT2D eigenvalue weighted by Gasteiger charge is -2.18. The van der Waals surface area contributed by atoms with Gasteiger partial charge in [-0.2, -0.15) is 12.6 Å². The Hall–Kier alpha value is 0.270.